The fourth-order valence-electron chi connectivity index (χ4n) is 3.38. The lowest BCUT2D eigenvalue weighted by Crippen LogP contribution is -2.29. The first-order valence-electron chi connectivity index (χ1n) is 7.70. The molecular weight excluding hydrogens is 300 g/mol. The number of hydrogen-bond acceptors (Lipinski definition) is 5. The van der Waals surface area contributed by atoms with Crippen molar-refractivity contribution in [3.05, 3.63) is 47.1 Å². The predicted octanol–water partition coefficient (Wildman–Crippen LogP) is 2.60. The number of halogens is 1. The highest BCUT2D eigenvalue weighted by Gasteiger charge is 2.38. The van der Waals surface area contributed by atoms with Crippen LogP contribution in [0.4, 0.5) is 0 Å². The van der Waals surface area contributed by atoms with Gasteiger partial charge in [0.1, 0.15) is 0 Å². The molecule has 0 spiro atoms. The molecular formula is C16H21ClN4O. The van der Waals surface area contributed by atoms with Gasteiger partial charge in [0.25, 0.3) is 0 Å². The summed E-state index contributed by atoms with van der Waals surface area (Å²) in [5, 5.41) is 4.06. The van der Waals surface area contributed by atoms with E-state index in [0.717, 1.165) is 12.4 Å². The molecule has 1 aromatic heterocycles. The van der Waals surface area contributed by atoms with Gasteiger partial charge in [0.15, 0.2) is 5.82 Å². The third kappa shape index (κ3) is 2.89. The Morgan fingerprint density at radius 1 is 1.23 bits per heavy atom. The molecule has 1 fully saturated rings. The smallest absolute Gasteiger partial charge is 0.240 e. The second-order valence-electron chi connectivity index (χ2n) is 5.97. The second kappa shape index (κ2) is 6.36. The van der Waals surface area contributed by atoms with E-state index in [-0.39, 0.29) is 12.4 Å². The van der Waals surface area contributed by atoms with Gasteiger partial charge in [-0.1, -0.05) is 29.4 Å². The predicted molar refractivity (Wildman–Crippen MR) is 85.5 cm³/mol. The molecule has 4 rings (SSSR count). The summed E-state index contributed by atoms with van der Waals surface area (Å²) in [5.41, 5.74) is 8.51. The van der Waals surface area contributed by atoms with Gasteiger partial charge in [0.05, 0.1) is 13.1 Å². The van der Waals surface area contributed by atoms with Crippen molar-refractivity contribution in [3.8, 4) is 0 Å². The van der Waals surface area contributed by atoms with Crippen LogP contribution in [0.1, 0.15) is 48.1 Å². The summed E-state index contributed by atoms with van der Waals surface area (Å²) in [7, 11) is 0. The van der Waals surface area contributed by atoms with Crippen LogP contribution >= 0.6 is 12.4 Å². The Morgan fingerprint density at radius 2 is 2.05 bits per heavy atom. The molecule has 1 unspecified atom stereocenters. The molecule has 0 bridgehead atoms. The molecule has 0 aliphatic heterocycles. The summed E-state index contributed by atoms with van der Waals surface area (Å²) in [6.07, 6.45) is 4.92. The Kier molecular flexibility index (Phi) is 4.47. The molecule has 2 aliphatic rings. The van der Waals surface area contributed by atoms with Crippen molar-refractivity contribution >= 4 is 12.4 Å². The number of fused-ring (bicyclic) bond motifs is 1. The van der Waals surface area contributed by atoms with Crippen molar-refractivity contribution in [3.63, 3.8) is 0 Å². The number of nitrogens with zero attached hydrogens (tertiary/aromatic N) is 3. The van der Waals surface area contributed by atoms with Crippen LogP contribution in [0.5, 0.6) is 0 Å². The number of aromatic nitrogens is 2. The van der Waals surface area contributed by atoms with Crippen molar-refractivity contribution in [1.29, 1.82) is 0 Å². The van der Waals surface area contributed by atoms with Crippen LogP contribution < -0.4 is 5.73 Å². The fourth-order valence-corrected chi connectivity index (χ4v) is 3.38. The topological polar surface area (TPSA) is 68.2 Å². The van der Waals surface area contributed by atoms with Crippen LogP contribution in [0.3, 0.4) is 0 Å². The molecule has 1 atom stereocenters. The van der Waals surface area contributed by atoms with Crippen LogP contribution in [0.15, 0.2) is 28.8 Å². The molecule has 22 heavy (non-hydrogen) atoms. The molecule has 1 heterocycles. The Labute approximate surface area is 136 Å². The molecule has 2 N–H and O–H groups in total. The van der Waals surface area contributed by atoms with Gasteiger partial charge in [-0.15, -0.1) is 12.4 Å². The first-order valence-corrected chi connectivity index (χ1v) is 7.70. The largest absolute Gasteiger partial charge is 0.338 e. The van der Waals surface area contributed by atoms with Gasteiger partial charge >= 0.3 is 0 Å². The van der Waals surface area contributed by atoms with Crippen molar-refractivity contribution in [2.24, 2.45) is 5.73 Å². The third-order valence-corrected chi connectivity index (χ3v) is 4.53. The first-order chi connectivity index (χ1) is 10.3. The maximum Gasteiger partial charge on any atom is 0.240 e. The summed E-state index contributed by atoms with van der Waals surface area (Å²) in [6.45, 7) is 1.07. The maximum absolute atomic E-state index is 5.54. The van der Waals surface area contributed by atoms with Gasteiger partial charge in [0, 0.05) is 12.1 Å². The molecule has 0 saturated heterocycles. The van der Waals surface area contributed by atoms with E-state index >= 15 is 0 Å². The first kappa shape index (κ1) is 15.5. The molecule has 2 aromatic rings. The van der Waals surface area contributed by atoms with Crippen LogP contribution in [0.25, 0.3) is 0 Å². The van der Waals surface area contributed by atoms with Gasteiger partial charge in [-0.05, 0) is 36.8 Å². The second-order valence-corrected chi connectivity index (χ2v) is 5.97. The van der Waals surface area contributed by atoms with Crippen molar-refractivity contribution in [1.82, 2.24) is 15.0 Å². The minimum absolute atomic E-state index is 0. The Morgan fingerprint density at radius 3 is 2.77 bits per heavy atom. The SMILES string of the molecule is Cl.NCc1nc(CN(C2CC2)C2CCc3ccccc32)no1. The number of rotatable bonds is 5. The molecule has 0 amide bonds. The maximum atomic E-state index is 5.54. The average Bonchev–Trinajstić information content (AvgIpc) is 3.11. The zero-order valence-electron chi connectivity index (χ0n) is 12.4. The lowest BCUT2D eigenvalue weighted by molar-refractivity contribution is 0.170. The number of hydrogen-bond donors (Lipinski definition) is 1. The van der Waals surface area contributed by atoms with E-state index in [0.29, 0.717) is 24.5 Å². The van der Waals surface area contributed by atoms with Crippen LogP contribution in [0.2, 0.25) is 0 Å². The lowest BCUT2D eigenvalue weighted by atomic mass is 10.1. The molecule has 6 heteroatoms. The van der Waals surface area contributed by atoms with Gasteiger partial charge in [-0.3, -0.25) is 4.90 Å². The summed E-state index contributed by atoms with van der Waals surface area (Å²) < 4.78 is 5.13. The van der Waals surface area contributed by atoms with Gasteiger partial charge in [0.2, 0.25) is 5.89 Å². The van der Waals surface area contributed by atoms with Gasteiger partial charge in [-0.2, -0.15) is 4.98 Å². The molecule has 0 radical (unpaired) electrons. The number of aryl methyl sites for hydroxylation is 1. The van der Waals surface area contributed by atoms with E-state index in [1.54, 1.807) is 0 Å². The van der Waals surface area contributed by atoms with Crippen LogP contribution in [-0.4, -0.2) is 21.1 Å². The zero-order chi connectivity index (χ0) is 14.2. The number of benzene rings is 1. The van der Waals surface area contributed by atoms with Crippen LogP contribution in [-0.2, 0) is 19.5 Å². The van der Waals surface area contributed by atoms with Crippen molar-refractivity contribution in [2.75, 3.05) is 0 Å². The summed E-state index contributed by atoms with van der Waals surface area (Å²) in [5.74, 6) is 1.28. The lowest BCUT2D eigenvalue weighted by Gasteiger charge is -2.28. The van der Waals surface area contributed by atoms with E-state index < -0.39 is 0 Å². The van der Waals surface area contributed by atoms with E-state index in [9.17, 15) is 0 Å². The standard InChI is InChI=1S/C16H20N4O.ClH/c17-9-16-18-15(19-21-16)10-20(12-6-7-12)14-8-5-11-3-1-2-4-13(11)14;/h1-4,12,14H,5-10,17H2;1H. The Hall–Kier alpha value is -1.43. The molecule has 2 aliphatic carbocycles. The third-order valence-electron chi connectivity index (χ3n) is 4.53. The Bertz CT molecular complexity index is 641. The van der Waals surface area contributed by atoms with Crippen LogP contribution in [0, 0.1) is 0 Å². The van der Waals surface area contributed by atoms with E-state index in [4.69, 9.17) is 10.3 Å². The molecule has 118 valence electrons. The summed E-state index contributed by atoms with van der Waals surface area (Å²) in [6, 6.07) is 9.96. The van der Waals surface area contributed by atoms with E-state index in [1.807, 2.05) is 0 Å². The highest BCUT2D eigenvalue weighted by Crippen LogP contribution is 2.42. The van der Waals surface area contributed by atoms with Crippen molar-refractivity contribution in [2.45, 2.75) is 50.9 Å². The average molecular weight is 321 g/mol. The van der Waals surface area contributed by atoms with E-state index in [2.05, 4.69) is 39.3 Å². The molecule has 5 nitrogen and oxygen atoms in total. The fraction of sp³-hybridized carbons (Fsp3) is 0.500. The molecule has 1 saturated carbocycles. The van der Waals surface area contributed by atoms with Crippen molar-refractivity contribution < 1.29 is 4.52 Å². The minimum Gasteiger partial charge on any atom is -0.338 e. The highest BCUT2D eigenvalue weighted by molar-refractivity contribution is 5.85. The zero-order valence-corrected chi connectivity index (χ0v) is 13.3. The minimum atomic E-state index is 0. The Balaban J connectivity index is 0.00000144. The van der Waals surface area contributed by atoms with Gasteiger partial charge in [-0.25, -0.2) is 0 Å². The summed E-state index contributed by atoms with van der Waals surface area (Å²) >= 11 is 0. The monoisotopic (exact) mass is 320 g/mol. The highest BCUT2D eigenvalue weighted by atomic mass is 35.5. The quantitative estimate of drug-likeness (QED) is 0.917. The normalized spacial score (nSPS) is 20.0. The van der Waals surface area contributed by atoms with Gasteiger partial charge < -0.3 is 10.3 Å². The number of nitrogens with two attached hydrogens (primary N) is 1. The summed E-state index contributed by atoms with van der Waals surface area (Å²) in [4.78, 5) is 6.91. The molecule has 1 aromatic carbocycles. The van der Waals surface area contributed by atoms with E-state index in [1.165, 1.54) is 36.8 Å².